The average molecular weight is 947 g/mol. The first-order chi connectivity index (χ1) is 35.5. The number of pyridine rings is 1. The molecule has 1 aliphatic heterocycles. The van der Waals surface area contributed by atoms with E-state index >= 15 is 0 Å². The van der Waals surface area contributed by atoms with Gasteiger partial charge in [-0.05, 0) is 104 Å². The quantitative estimate of drug-likeness (QED) is 0.144. The van der Waals surface area contributed by atoms with Gasteiger partial charge in [0.1, 0.15) is 24.0 Å². The maximum atomic E-state index is 7.14. The van der Waals surface area contributed by atoms with Crippen molar-refractivity contribution in [3.8, 4) is 61.8 Å². The molecule has 0 fully saturated rings. The van der Waals surface area contributed by atoms with Gasteiger partial charge in [-0.3, -0.25) is 4.57 Å². The normalized spacial score (nSPS) is 12.7. The van der Waals surface area contributed by atoms with E-state index < -0.39 is 0 Å². The van der Waals surface area contributed by atoms with Crippen molar-refractivity contribution in [3.05, 3.63) is 242 Å². The van der Waals surface area contributed by atoms with Crippen LogP contribution in [0.2, 0.25) is 0 Å². The van der Waals surface area contributed by atoms with Gasteiger partial charge in [0.2, 0.25) is 0 Å². The Hall–Kier alpha value is -8.67. The summed E-state index contributed by atoms with van der Waals surface area (Å²) in [6.45, 7) is 14.3. The van der Waals surface area contributed by atoms with E-state index in [1.54, 1.807) is 0 Å². The lowest BCUT2D eigenvalue weighted by atomic mass is 9.82. The van der Waals surface area contributed by atoms with Crippen LogP contribution in [0.3, 0.4) is 0 Å². The Morgan fingerprint density at radius 1 is 0.411 bits per heavy atom. The Kier molecular flexibility index (Phi) is 11.3. The molecule has 12 rings (SSSR count). The van der Waals surface area contributed by atoms with Gasteiger partial charge < -0.3 is 14.5 Å². The minimum absolute atomic E-state index is 0.144. The first kappa shape index (κ1) is 45.5. The highest BCUT2D eigenvalue weighted by atomic mass is 16.5. The predicted octanol–water partition coefficient (Wildman–Crippen LogP) is 18.5. The molecule has 3 heterocycles. The monoisotopic (exact) mass is 946 g/mol. The summed E-state index contributed by atoms with van der Waals surface area (Å²) >= 11 is 0. The molecule has 0 radical (unpaired) electrons. The third kappa shape index (κ3) is 8.51. The summed E-state index contributed by atoms with van der Waals surface area (Å²) in [5.74, 6) is 2.40. The molecule has 0 spiro atoms. The Morgan fingerprint density at radius 3 is 1.59 bits per heavy atom. The molecule has 1 aliphatic rings. The van der Waals surface area contributed by atoms with E-state index in [1.807, 2.05) is 0 Å². The molecule has 0 saturated heterocycles. The Morgan fingerprint density at radius 2 is 0.986 bits per heavy atom. The lowest BCUT2D eigenvalue weighted by Crippen LogP contribution is -2.25. The van der Waals surface area contributed by atoms with Crippen LogP contribution in [-0.4, -0.2) is 16.2 Å². The largest absolute Gasteiger partial charge is 0.457 e. The van der Waals surface area contributed by atoms with Crippen LogP contribution >= 0.6 is 0 Å². The summed E-state index contributed by atoms with van der Waals surface area (Å²) in [5, 5.41) is 2.29. The van der Waals surface area contributed by atoms with Crippen molar-refractivity contribution >= 4 is 44.6 Å². The maximum absolute atomic E-state index is 7.14. The Labute approximate surface area is 429 Å². The molecule has 73 heavy (non-hydrogen) atoms. The number of aromatic nitrogens is 2. The van der Waals surface area contributed by atoms with Gasteiger partial charge in [0.15, 0.2) is 0 Å². The van der Waals surface area contributed by atoms with Crippen molar-refractivity contribution in [1.82, 2.24) is 9.55 Å². The topological polar surface area (TPSA) is 33.5 Å². The second-order valence-electron chi connectivity index (χ2n) is 21.3. The van der Waals surface area contributed by atoms with Crippen LogP contribution < -0.4 is 14.5 Å². The molecule has 0 N–H and O–H groups in total. The number of hydrogen-bond acceptors (Lipinski definition) is 4. The van der Waals surface area contributed by atoms with Crippen molar-refractivity contribution in [3.63, 3.8) is 0 Å². The molecule has 0 atom stereocenters. The van der Waals surface area contributed by atoms with Crippen LogP contribution in [0.5, 0.6) is 11.5 Å². The molecule has 5 nitrogen and oxygen atoms in total. The SMILES string of the molecule is CC(C)(C)c1cc(Oc2ccc3c4cc(-c5ccccc5)ccc4n(-c4cc(C(C)(C)C)c(-c5ccccc5)cn4)c3c2)cc(N2CN(c3c(-c4ccccc4)cccc3-c3ccccc3)c3ccccc32)c1. The fourth-order valence-electron chi connectivity index (χ4n) is 10.7. The third-order valence-electron chi connectivity index (χ3n) is 14.4. The van der Waals surface area contributed by atoms with Gasteiger partial charge in [-0.1, -0.05) is 199 Å². The lowest BCUT2D eigenvalue weighted by molar-refractivity contribution is 0.479. The van der Waals surface area contributed by atoms with E-state index in [0.29, 0.717) is 6.67 Å². The molecule has 9 aromatic carbocycles. The number of ether oxygens (including phenoxy) is 1. The van der Waals surface area contributed by atoms with Gasteiger partial charge in [-0.25, -0.2) is 4.98 Å². The second-order valence-corrected chi connectivity index (χ2v) is 21.3. The molecule has 356 valence electrons. The maximum Gasteiger partial charge on any atom is 0.137 e. The first-order valence-corrected chi connectivity index (χ1v) is 25.4. The fraction of sp³-hybridized carbons (Fsp3) is 0.132. The third-order valence-corrected chi connectivity index (χ3v) is 14.4. The zero-order valence-corrected chi connectivity index (χ0v) is 42.3. The van der Waals surface area contributed by atoms with Crippen molar-refractivity contribution in [1.29, 1.82) is 0 Å². The smallest absolute Gasteiger partial charge is 0.137 e. The highest BCUT2D eigenvalue weighted by Crippen LogP contribution is 2.51. The molecule has 0 saturated carbocycles. The van der Waals surface area contributed by atoms with Crippen LogP contribution in [0, 0.1) is 0 Å². The highest BCUT2D eigenvalue weighted by Gasteiger charge is 2.32. The number of rotatable bonds is 9. The van der Waals surface area contributed by atoms with E-state index in [-0.39, 0.29) is 10.8 Å². The Bertz CT molecular complexity index is 3750. The van der Waals surface area contributed by atoms with Crippen molar-refractivity contribution in [2.24, 2.45) is 0 Å². The molecular weight excluding hydrogens is 889 g/mol. The standard InChI is InChI=1S/C68H58N4O/c1-67(2,3)51-39-52(70-45-71(63-33-20-19-32-62(63)70)66-55(47-24-13-8-14-25-47)30-21-31-56(66)48-26-15-9-16-27-48)41-54(40-51)73-53-35-36-57-58-38-50(46-22-11-7-12-23-46)34-37-61(58)72(64(57)42-53)65-43-60(68(4,5)6)59(44-69-65)49-28-17-10-18-29-49/h7-44H,45H2,1-6H3. The second kappa shape index (κ2) is 18.2. The van der Waals surface area contributed by atoms with Gasteiger partial charge in [0, 0.05) is 51.5 Å². The number of benzene rings is 9. The summed E-state index contributed by atoms with van der Waals surface area (Å²) in [6.07, 6.45) is 2.06. The van der Waals surface area contributed by atoms with Crippen molar-refractivity contribution in [2.75, 3.05) is 16.5 Å². The van der Waals surface area contributed by atoms with Crippen LogP contribution in [0.15, 0.2) is 231 Å². The van der Waals surface area contributed by atoms with E-state index in [9.17, 15) is 0 Å². The van der Waals surface area contributed by atoms with Crippen LogP contribution in [0.25, 0.3) is 72.1 Å². The minimum atomic E-state index is -0.164. The number of para-hydroxylation sites is 3. The van der Waals surface area contributed by atoms with E-state index in [2.05, 4.69) is 287 Å². The zero-order chi connectivity index (χ0) is 49.8. The predicted molar refractivity (Wildman–Crippen MR) is 306 cm³/mol. The van der Waals surface area contributed by atoms with Crippen molar-refractivity contribution < 1.29 is 4.74 Å². The molecular formula is C68H58N4O. The molecule has 2 aromatic heterocycles. The first-order valence-electron chi connectivity index (χ1n) is 25.4. The summed E-state index contributed by atoms with van der Waals surface area (Å²) in [5.41, 5.74) is 18.2. The average Bonchev–Trinajstić information content (AvgIpc) is 3.96. The number of anilines is 4. The van der Waals surface area contributed by atoms with Gasteiger partial charge in [-0.2, -0.15) is 0 Å². The van der Waals surface area contributed by atoms with Crippen LogP contribution in [0.4, 0.5) is 22.7 Å². The molecule has 5 heteroatoms. The molecule has 0 bridgehead atoms. The summed E-state index contributed by atoms with van der Waals surface area (Å²) in [4.78, 5) is 10.2. The zero-order valence-electron chi connectivity index (χ0n) is 42.3. The van der Waals surface area contributed by atoms with Gasteiger partial charge in [0.25, 0.3) is 0 Å². The van der Waals surface area contributed by atoms with Crippen LogP contribution in [-0.2, 0) is 10.8 Å². The summed E-state index contributed by atoms with van der Waals surface area (Å²) in [7, 11) is 0. The number of nitrogens with zero attached hydrogens (tertiary/aromatic N) is 4. The van der Waals surface area contributed by atoms with Gasteiger partial charge in [0.05, 0.1) is 28.1 Å². The van der Waals surface area contributed by atoms with Gasteiger partial charge in [-0.15, -0.1) is 0 Å². The summed E-state index contributed by atoms with van der Waals surface area (Å²) < 4.78 is 9.46. The summed E-state index contributed by atoms with van der Waals surface area (Å²) in [6, 6.07) is 80.6. The van der Waals surface area contributed by atoms with E-state index in [4.69, 9.17) is 9.72 Å². The highest BCUT2D eigenvalue weighted by molar-refractivity contribution is 6.11. The molecule has 0 unspecified atom stereocenters. The van der Waals surface area contributed by atoms with Crippen molar-refractivity contribution in [2.45, 2.75) is 52.4 Å². The lowest BCUT2D eigenvalue weighted by Gasteiger charge is -2.28. The minimum Gasteiger partial charge on any atom is -0.457 e. The van der Waals surface area contributed by atoms with Gasteiger partial charge >= 0.3 is 0 Å². The van der Waals surface area contributed by atoms with E-state index in [1.165, 1.54) is 50.2 Å². The molecule has 11 aromatic rings. The van der Waals surface area contributed by atoms with Crippen LogP contribution in [0.1, 0.15) is 52.7 Å². The van der Waals surface area contributed by atoms with E-state index in [0.717, 1.165) is 67.3 Å². The molecule has 0 amide bonds. The Balaban J connectivity index is 0.986. The number of fused-ring (bicyclic) bond motifs is 4. The molecule has 0 aliphatic carbocycles. The fourth-order valence-corrected chi connectivity index (χ4v) is 10.7. The number of hydrogen-bond donors (Lipinski definition) is 0.